The molecule has 3 aromatic rings. The van der Waals surface area contributed by atoms with Crippen LogP contribution in [-0.4, -0.2) is 26.8 Å². The minimum absolute atomic E-state index is 0.00973. The third-order valence-electron chi connectivity index (χ3n) is 4.19. The van der Waals surface area contributed by atoms with E-state index in [9.17, 15) is 22.4 Å². The maximum atomic E-state index is 12.9. The van der Waals surface area contributed by atoms with Crippen LogP contribution in [-0.2, 0) is 21.3 Å². The largest absolute Gasteiger partial charge is 0.454 e. The molecule has 0 spiro atoms. The Labute approximate surface area is 173 Å². The van der Waals surface area contributed by atoms with E-state index in [0.717, 1.165) is 17.7 Å². The average Bonchev–Trinajstić information content (AvgIpc) is 2.77. The predicted molar refractivity (Wildman–Crippen MR) is 108 cm³/mol. The highest BCUT2D eigenvalue weighted by Gasteiger charge is 2.18. The van der Waals surface area contributed by atoms with Crippen LogP contribution in [0.1, 0.15) is 26.3 Å². The molecule has 0 saturated heterocycles. The van der Waals surface area contributed by atoms with Gasteiger partial charge in [-0.05, 0) is 48.0 Å². The van der Waals surface area contributed by atoms with Gasteiger partial charge in [-0.3, -0.25) is 4.79 Å². The van der Waals surface area contributed by atoms with Crippen LogP contribution < -0.4 is 4.72 Å². The first-order valence-electron chi connectivity index (χ1n) is 8.95. The lowest BCUT2D eigenvalue weighted by atomic mass is 10.1. The van der Waals surface area contributed by atoms with Crippen LogP contribution in [0, 0.1) is 5.82 Å². The van der Waals surface area contributed by atoms with Crippen LogP contribution in [0.4, 0.5) is 4.39 Å². The van der Waals surface area contributed by atoms with E-state index >= 15 is 0 Å². The second-order valence-corrected chi connectivity index (χ2v) is 8.11. The van der Waals surface area contributed by atoms with Gasteiger partial charge in [0.25, 0.3) is 0 Å². The van der Waals surface area contributed by atoms with Crippen molar-refractivity contribution in [3.8, 4) is 0 Å². The number of carbonyl (C=O) groups excluding carboxylic acids is 2. The van der Waals surface area contributed by atoms with Crippen molar-refractivity contribution in [1.29, 1.82) is 0 Å². The maximum absolute atomic E-state index is 12.9. The molecule has 0 fully saturated rings. The van der Waals surface area contributed by atoms with Gasteiger partial charge in [-0.25, -0.2) is 22.3 Å². The van der Waals surface area contributed by atoms with E-state index in [1.807, 2.05) is 6.07 Å². The molecule has 8 heteroatoms. The lowest BCUT2D eigenvalue weighted by Gasteiger charge is -2.09. The Morgan fingerprint density at radius 1 is 0.867 bits per heavy atom. The average molecular weight is 427 g/mol. The quantitative estimate of drug-likeness (QED) is 0.440. The van der Waals surface area contributed by atoms with E-state index in [0.29, 0.717) is 0 Å². The summed E-state index contributed by atoms with van der Waals surface area (Å²) in [5.74, 6) is -1.83. The van der Waals surface area contributed by atoms with Gasteiger partial charge >= 0.3 is 5.97 Å². The number of benzene rings is 3. The number of sulfonamides is 1. The second-order valence-electron chi connectivity index (χ2n) is 6.34. The molecule has 0 amide bonds. The number of nitrogens with one attached hydrogen (secondary N) is 1. The molecule has 154 valence electrons. The van der Waals surface area contributed by atoms with Gasteiger partial charge < -0.3 is 4.74 Å². The summed E-state index contributed by atoms with van der Waals surface area (Å²) < 4.78 is 45.4. The van der Waals surface area contributed by atoms with Crippen molar-refractivity contribution in [1.82, 2.24) is 4.72 Å². The molecule has 0 heterocycles. The van der Waals surface area contributed by atoms with Crippen LogP contribution in [0.2, 0.25) is 0 Å². The number of Topliss-reactive ketones (excluding diaryl/α,β-unsaturated/α-hetero) is 1. The van der Waals surface area contributed by atoms with Gasteiger partial charge in [0.2, 0.25) is 10.0 Å². The van der Waals surface area contributed by atoms with E-state index < -0.39 is 34.2 Å². The first-order chi connectivity index (χ1) is 14.3. The van der Waals surface area contributed by atoms with Gasteiger partial charge in [0.05, 0.1) is 10.5 Å². The summed E-state index contributed by atoms with van der Waals surface area (Å²) in [5.41, 5.74) is 0.978. The van der Waals surface area contributed by atoms with Crippen molar-refractivity contribution >= 4 is 21.8 Å². The molecule has 0 aliphatic heterocycles. The molecule has 3 rings (SSSR count). The fourth-order valence-corrected chi connectivity index (χ4v) is 3.64. The molecule has 6 nitrogen and oxygen atoms in total. The number of ketones is 1. The summed E-state index contributed by atoms with van der Waals surface area (Å²) in [7, 11) is -3.85. The van der Waals surface area contributed by atoms with Gasteiger partial charge in [0.1, 0.15) is 5.82 Å². The van der Waals surface area contributed by atoms with Gasteiger partial charge in [-0.2, -0.15) is 0 Å². The van der Waals surface area contributed by atoms with Gasteiger partial charge in [0, 0.05) is 12.1 Å². The Bertz CT molecular complexity index is 1150. The van der Waals surface area contributed by atoms with Crippen molar-refractivity contribution in [3.05, 3.63) is 101 Å². The SMILES string of the molecule is O=C(COC(=O)c1cccc(S(=O)(=O)NCc2ccccc2)c1)c1ccc(F)cc1. The number of halogens is 1. The summed E-state index contributed by atoms with van der Waals surface area (Å²) in [4.78, 5) is 24.2. The third-order valence-corrected chi connectivity index (χ3v) is 5.59. The fourth-order valence-electron chi connectivity index (χ4n) is 2.58. The number of esters is 1. The van der Waals surface area contributed by atoms with Gasteiger partial charge in [-0.1, -0.05) is 36.4 Å². The first-order valence-corrected chi connectivity index (χ1v) is 10.4. The Hall–Kier alpha value is -3.36. The minimum atomic E-state index is -3.85. The van der Waals surface area contributed by atoms with E-state index in [4.69, 9.17) is 4.74 Å². The molecule has 0 aliphatic rings. The number of hydrogen-bond acceptors (Lipinski definition) is 5. The molecular weight excluding hydrogens is 409 g/mol. The molecule has 0 bridgehead atoms. The molecule has 3 aromatic carbocycles. The minimum Gasteiger partial charge on any atom is -0.454 e. The number of hydrogen-bond donors (Lipinski definition) is 1. The Morgan fingerprint density at radius 2 is 1.57 bits per heavy atom. The number of carbonyl (C=O) groups is 2. The molecular formula is C22H18FNO5S. The van der Waals surface area contributed by atoms with E-state index in [1.54, 1.807) is 24.3 Å². The van der Waals surface area contributed by atoms with E-state index in [-0.39, 0.29) is 22.6 Å². The van der Waals surface area contributed by atoms with E-state index in [2.05, 4.69) is 4.72 Å². The van der Waals surface area contributed by atoms with Gasteiger partial charge in [-0.15, -0.1) is 0 Å². The Balaban J connectivity index is 1.64. The van der Waals surface area contributed by atoms with Crippen molar-refractivity contribution in [3.63, 3.8) is 0 Å². The standard InChI is InChI=1S/C22H18FNO5S/c23-19-11-9-17(10-12-19)21(25)15-29-22(26)18-7-4-8-20(13-18)30(27,28)24-14-16-5-2-1-3-6-16/h1-13,24H,14-15H2. The zero-order valence-electron chi connectivity index (χ0n) is 15.7. The lowest BCUT2D eigenvalue weighted by Crippen LogP contribution is -2.23. The molecule has 0 radical (unpaired) electrons. The highest BCUT2D eigenvalue weighted by molar-refractivity contribution is 7.89. The zero-order chi connectivity index (χ0) is 21.6. The highest BCUT2D eigenvalue weighted by Crippen LogP contribution is 2.14. The van der Waals surface area contributed by atoms with Crippen molar-refractivity contribution in [2.24, 2.45) is 0 Å². The molecule has 0 saturated carbocycles. The smallest absolute Gasteiger partial charge is 0.338 e. The zero-order valence-corrected chi connectivity index (χ0v) is 16.6. The Morgan fingerprint density at radius 3 is 2.27 bits per heavy atom. The van der Waals surface area contributed by atoms with Crippen molar-refractivity contribution in [2.45, 2.75) is 11.4 Å². The van der Waals surface area contributed by atoms with Crippen molar-refractivity contribution in [2.75, 3.05) is 6.61 Å². The summed E-state index contributed by atoms with van der Waals surface area (Å²) in [5, 5.41) is 0. The topological polar surface area (TPSA) is 89.5 Å². The highest BCUT2D eigenvalue weighted by atomic mass is 32.2. The maximum Gasteiger partial charge on any atom is 0.338 e. The third kappa shape index (κ3) is 5.59. The summed E-state index contributed by atoms with van der Waals surface area (Å²) in [6, 6.07) is 19.2. The van der Waals surface area contributed by atoms with Crippen LogP contribution in [0.5, 0.6) is 0 Å². The van der Waals surface area contributed by atoms with Crippen LogP contribution in [0.15, 0.2) is 83.8 Å². The summed E-state index contributed by atoms with van der Waals surface area (Å²) >= 11 is 0. The number of ether oxygens (including phenoxy) is 1. The van der Waals surface area contributed by atoms with Gasteiger partial charge in [0.15, 0.2) is 12.4 Å². The molecule has 30 heavy (non-hydrogen) atoms. The summed E-state index contributed by atoms with van der Waals surface area (Å²) in [6.07, 6.45) is 0. The lowest BCUT2D eigenvalue weighted by molar-refractivity contribution is 0.0474. The second kappa shape index (κ2) is 9.43. The summed E-state index contributed by atoms with van der Waals surface area (Å²) in [6.45, 7) is -0.447. The molecule has 0 aromatic heterocycles. The Kier molecular flexibility index (Phi) is 6.71. The fraction of sp³-hybridized carbons (Fsp3) is 0.0909. The number of rotatable bonds is 8. The van der Waals surface area contributed by atoms with Crippen molar-refractivity contribution < 1.29 is 27.1 Å². The first kappa shape index (κ1) is 21.4. The molecule has 0 atom stereocenters. The van der Waals surface area contributed by atoms with Crippen LogP contribution in [0.25, 0.3) is 0 Å². The monoisotopic (exact) mass is 427 g/mol. The molecule has 0 unspecified atom stereocenters. The van der Waals surface area contributed by atoms with Crippen LogP contribution >= 0.6 is 0 Å². The molecule has 0 aliphatic carbocycles. The van der Waals surface area contributed by atoms with E-state index in [1.165, 1.54) is 36.4 Å². The predicted octanol–water partition coefficient (Wildman–Crippen LogP) is 3.34. The van der Waals surface area contributed by atoms with Crippen LogP contribution in [0.3, 0.4) is 0 Å². The molecule has 1 N–H and O–H groups in total. The normalized spacial score (nSPS) is 11.1.